The summed E-state index contributed by atoms with van der Waals surface area (Å²) in [6.07, 6.45) is 9.47. The second-order valence-corrected chi connectivity index (χ2v) is 7.81. The normalized spacial score (nSPS) is 22.0. The van der Waals surface area contributed by atoms with Crippen LogP contribution in [0.15, 0.2) is 24.6 Å². The highest BCUT2D eigenvalue weighted by atomic mass is 32.1. The standard InChI is InChI=1S/C18H23N7O2S/c1-11-9-15(28-24-11)23-18-16(17(19)26)20-10-14(22-18)21-12-3-5-13(6-4-12)25-7-2-8-27-25/h2,8-10,12-13H,3-7H2,1H3,(H2,19,26)(H2,21,22,23). The molecule has 0 bridgehead atoms. The number of carbonyl (C=O) groups is 1. The Balaban J connectivity index is 1.42. The van der Waals surface area contributed by atoms with Crippen LogP contribution in [0.5, 0.6) is 0 Å². The fourth-order valence-corrected chi connectivity index (χ4v) is 4.19. The predicted molar refractivity (Wildman–Crippen MR) is 107 cm³/mol. The maximum Gasteiger partial charge on any atom is 0.271 e. The van der Waals surface area contributed by atoms with Gasteiger partial charge in [0.1, 0.15) is 17.1 Å². The number of nitrogens with two attached hydrogens (primary N) is 1. The van der Waals surface area contributed by atoms with E-state index in [0.29, 0.717) is 23.7 Å². The maximum absolute atomic E-state index is 11.7. The van der Waals surface area contributed by atoms with E-state index in [-0.39, 0.29) is 5.69 Å². The zero-order valence-electron chi connectivity index (χ0n) is 15.6. The third-order valence-corrected chi connectivity index (χ3v) is 5.71. The molecule has 148 valence electrons. The number of hydrogen-bond acceptors (Lipinski definition) is 9. The Kier molecular flexibility index (Phi) is 5.40. The maximum atomic E-state index is 11.7. The van der Waals surface area contributed by atoms with Crippen molar-refractivity contribution in [3.8, 4) is 0 Å². The van der Waals surface area contributed by atoms with Gasteiger partial charge >= 0.3 is 0 Å². The molecule has 2 aromatic rings. The number of nitrogens with one attached hydrogen (secondary N) is 2. The highest BCUT2D eigenvalue weighted by Gasteiger charge is 2.28. The van der Waals surface area contributed by atoms with Gasteiger partial charge in [0.15, 0.2) is 11.5 Å². The number of amides is 1. The topological polar surface area (TPSA) is 118 Å². The van der Waals surface area contributed by atoms with E-state index >= 15 is 0 Å². The first kappa shape index (κ1) is 18.6. The van der Waals surface area contributed by atoms with Gasteiger partial charge < -0.3 is 21.2 Å². The lowest BCUT2D eigenvalue weighted by atomic mass is 9.91. The summed E-state index contributed by atoms with van der Waals surface area (Å²) in [4.78, 5) is 26.0. The molecule has 1 fully saturated rings. The molecule has 0 atom stereocenters. The van der Waals surface area contributed by atoms with Crippen molar-refractivity contribution in [2.24, 2.45) is 5.73 Å². The van der Waals surface area contributed by atoms with E-state index in [0.717, 1.165) is 42.9 Å². The molecule has 0 saturated heterocycles. The minimum absolute atomic E-state index is 0.110. The summed E-state index contributed by atoms with van der Waals surface area (Å²) >= 11 is 1.30. The Morgan fingerprint density at radius 2 is 2.18 bits per heavy atom. The van der Waals surface area contributed by atoms with Crippen LogP contribution in [-0.4, -0.2) is 43.9 Å². The molecule has 0 unspecified atom stereocenters. The van der Waals surface area contributed by atoms with E-state index in [4.69, 9.17) is 10.6 Å². The zero-order valence-corrected chi connectivity index (χ0v) is 16.4. The fraction of sp³-hybridized carbons (Fsp3) is 0.444. The second-order valence-electron chi connectivity index (χ2n) is 7.00. The third-order valence-electron chi connectivity index (χ3n) is 4.91. The van der Waals surface area contributed by atoms with E-state index < -0.39 is 5.91 Å². The van der Waals surface area contributed by atoms with Crippen molar-refractivity contribution in [1.29, 1.82) is 0 Å². The second kappa shape index (κ2) is 8.11. The van der Waals surface area contributed by atoms with Gasteiger partial charge in [-0.2, -0.15) is 4.37 Å². The lowest BCUT2D eigenvalue weighted by Crippen LogP contribution is -2.38. The Labute approximate surface area is 167 Å². The average molecular weight is 401 g/mol. The minimum atomic E-state index is -0.623. The first-order chi connectivity index (χ1) is 13.6. The van der Waals surface area contributed by atoms with Crippen LogP contribution < -0.4 is 16.4 Å². The van der Waals surface area contributed by atoms with E-state index in [2.05, 4.69) is 25.0 Å². The molecule has 9 nitrogen and oxygen atoms in total. The van der Waals surface area contributed by atoms with Crippen molar-refractivity contribution in [2.45, 2.75) is 44.7 Å². The monoisotopic (exact) mass is 401 g/mol. The van der Waals surface area contributed by atoms with Crippen LogP contribution in [0.2, 0.25) is 0 Å². The summed E-state index contributed by atoms with van der Waals surface area (Å²) in [5, 5.41) is 9.37. The lowest BCUT2D eigenvalue weighted by Gasteiger charge is -2.33. The average Bonchev–Trinajstić information content (AvgIpc) is 3.34. The number of anilines is 3. The predicted octanol–water partition coefficient (Wildman–Crippen LogP) is 2.57. The molecule has 4 N–H and O–H groups in total. The van der Waals surface area contributed by atoms with Crippen molar-refractivity contribution < 1.29 is 9.63 Å². The number of hydrogen-bond donors (Lipinski definition) is 3. The van der Waals surface area contributed by atoms with E-state index in [1.165, 1.54) is 11.5 Å². The van der Waals surface area contributed by atoms with Crippen LogP contribution in [0.25, 0.3) is 0 Å². The molecule has 1 amide bonds. The molecule has 1 aliphatic heterocycles. The van der Waals surface area contributed by atoms with Crippen LogP contribution in [0.3, 0.4) is 0 Å². The smallest absolute Gasteiger partial charge is 0.271 e. The summed E-state index contributed by atoms with van der Waals surface area (Å²) in [5.74, 6) is 0.338. The van der Waals surface area contributed by atoms with Crippen molar-refractivity contribution in [3.05, 3.63) is 36.0 Å². The van der Waals surface area contributed by atoms with Gasteiger partial charge in [-0.05, 0) is 56.3 Å². The van der Waals surface area contributed by atoms with E-state index in [1.54, 1.807) is 12.5 Å². The Morgan fingerprint density at radius 3 is 2.82 bits per heavy atom. The van der Waals surface area contributed by atoms with Gasteiger partial charge in [0.2, 0.25) is 0 Å². The van der Waals surface area contributed by atoms with Crippen molar-refractivity contribution in [1.82, 2.24) is 19.4 Å². The SMILES string of the molecule is Cc1cc(Nc2nc(NC3CCC(N4CC=CO4)CC3)cnc2C(N)=O)sn1. The van der Waals surface area contributed by atoms with Crippen LogP contribution in [0, 0.1) is 6.92 Å². The van der Waals surface area contributed by atoms with Crippen LogP contribution >= 0.6 is 11.5 Å². The molecule has 1 saturated carbocycles. The largest absolute Gasteiger partial charge is 0.414 e. The quantitative estimate of drug-likeness (QED) is 0.676. The summed E-state index contributed by atoms with van der Waals surface area (Å²) in [6, 6.07) is 2.63. The van der Waals surface area contributed by atoms with Crippen LogP contribution in [0.4, 0.5) is 16.6 Å². The molecule has 0 aromatic carbocycles. The van der Waals surface area contributed by atoms with E-state index in [9.17, 15) is 4.79 Å². The van der Waals surface area contributed by atoms with Crippen molar-refractivity contribution in [3.63, 3.8) is 0 Å². The molecule has 28 heavy (non-hydrogen) atoms. The number of hydroxylamine groups is 2. The highest BCUT2D eigenvalue weighted by Crippen LogP contribution is 2.28. The number of nitrogens with zero attached hydrogens (tertiary/aromatic N) is 4. The third kappa shape index (κ3) is 4.23. The van der Waals surface area contributed by atoms with Gasteiger partial charge in [-0.15, -0.1) is 5.06 Å². The summed E-state index contributed by atoms with van der Waals surface area (Å²) in [7, 11) is 0. The van der Waals surface area contributed by atoms with Gasteiger partial charge in [-0.1, -0.05) is 0 Å². The summed E-state index contributed by atoms with van der Waals surface area (Å²) in [6.45, 7) is 2.76. The minimum Gasteiger partial charge on any atom is -0.414 e. The molecular formula is C18H23N7O2S. The Morgan fingerprint density at radius 1 is 1.36 bits per heavy atom. The zero-order chi connectivity index (χ0) is 19.5. The van der Waals surface area contributed by atoms with Crippen LogP contribution in [-0.2, 0) is 4.84 Å². The molecular weight excluding hydrogens is 378 g/mol. The van der Waals surface area contributed by atoms with Gasteiger partial charge in [-0.25, -0.2) is 9.97 Å². The highest BCUT2D eigenvalue weighted by molar-refractivity contribution is 7.10. The molecule has 2 aliphatic rings. The van der Waals surface area contributed by atoms with Gasteiger partial charge in [0.05, 0.1) is 18.4 Å². The van der Waals surface area contributed by atoms with Gasteiger partial charge in [-0.3, -0.25) is 4.79 Å². The molecule has 3 heterocycles. The van der Waals surface area contributed by atoms with Crippen molar-refractivity contribution in [2.75, 3.05) is 17.2 Å². The number of carbonyl (C=O) groups excluding carboxylic acids is 1. The first-order valence-corrected chi connectivity index (χ1v) is 10.1. The molecule has 0 radical (unpaired) electrons. The van der Waals surface area contributed by atoms with Gasteiger partial charge in [0.25, 0.3) is 5.91 Å². The Hall–Kier alpha value is -2.72. The van der Waals surface area contributed by atoms with E-state index in [1.807, 2.05) is 24.1 Å². The number of rotatable bonds is 6. The lowest BCUT2D eigenvalue weighted by molar-refractivity contribution is -0.119. The summed E-state index contributed by atoms with van der Waals surface area (Å²) < 4.78 is 4.22. The number of aromatic nitrogens is 3. The molecule has 1 aliphatic carbocycles. The van der Waals surface area contributed by atoms with Gasteiger partial charge in [0, 0.05) is 12.1 Å². The first-order valence-electron chi connectivity index (χ1n) is 9.30. The molecule has 4 rings (SSSR count). The number of primary amides is 1. The van der Waals surface area contributed by atoms with Crippen molar-refractivity contribution >= 4 is 34.1 Å². The fourth-order valence-electron chi connectivity index (χ4n) is 3.53. The summed E-state index contributed by atoms with van der Waals surface area (Å²) in [5.41, 5.74) is 6.45. The Bertz CT molecular complexity index is 869. The molecule has 0 spiro atoms. The number of aryl methyl sites for hydroxylation is 1. The van der Waals surface area contributed by atoms with Crippen LogP contribution in [0.1, 0.15) is 41.9 Å². The molecule has 10 heteroatoms. The molecule has 2 aromatic heterocycles.